The van der Waals surface area contributed by atoms with Crippen LogP contribution in [0.15, 0.2) is 47.3 Å². The molecule has 1 heterocycles. The maximum Gasteiger partial charge on any atom is 0.269 e. The SMILES string of the molecule is O=C(Cc1ccc([N+](=O)[O-])cc1)Nc1ccc2c3c(c(=O)[nH]c2c1)CCC3. The minimum absolute atomic E-state index is 0.00910. The first-order valence-corrected chi connectivity index (χ1v) is 8.72. The van der Waals surface area contributed by atoms with Gasteiger partial charge < -0.3 is 10.3 Å². The molecular weight excluding hydrogens is 346 g/mol. The number of non-ortho nitro benzene ring substituents is 1. The summed E-state index contributed by atoms with van der Waals surface area (Å²) in [6, 6.07) is 11.4. The van der Waals surface area contributed by atoms with E-state index in [1.807, 2.05) is 12.1 Å². The van der Waals surface area contributed by atoms with Crippen LogP contribution in [0.2, 0.25) is 0 Å². The zero-order valence-corrected chi connectivity index (χ0v) is 14.5. The lowest BCUT2D eigenvalue weighted by Crippen LogP contribution is -2.15. The van der Waals surface area contributed by atoms with Gasteiger partial charge >= 0.3 is 0 Å². The molecule has 1 aliphatic rings. The molecule has 0 unspecified atom stereocenters. The van der Waals surface area contributed by atoms with Gasteiger partial charge in [-0.2, -0.15) is 0 Å². The maximum absolute atomic E-state index is 12.3. The van der Waals surface area contributed by atoms with Crippen molar-refractivity contribution in [3.05, 3.63) is 79.6 Å². The van der Waals surface area contributed by atoms with Gasteiger partial charge in [-0.1, -0.05) is 18.2 Å². The number of fused-ring (bicyclic) bond motifs is 3. The van der Waals surface area contributed by atoms with Crippen molar-refractivity contribution in [1.29, 1.82) is 0 Å². The van der Waals surface area contributed by atoms with Crippen molar-refractivity contribution in [3.63, 3.8) is 0 Å². The number of nitrogens with zero attached hydrogens (tertiary/aromatic N) is 1. The molecule has 0 fully saturated rings. The summed E-state index contributed by atoms with van der Waals surface area (Å²) in [5, 5.41) is 14.5. The Morgan fingerprint density at radius 3 is 2.59 bits per heavy atom. The van der Waals surface area contributed by atoms with Gasteiger partial charge in [0.2, 0.25) is 5.91 Å². The van der Waals surface area contributed by atoms with Gasteiger partial charge in [-0.3, -0.25) is 19.7 Å². The van der Waals surface area contributed by atoms with Crippen molar-refractivity contribution >= 4 is 28.2 Å². The Labute approximate surface area is 154 Å². The number of aryl methyl sites for hydroxylation is 1. The fourth-order valence-corrected chi connectivity index (χ4v) is 3.60. The highest BCUT2D eigenvalue weighted by Gasteiger charge is 2.18. The summed E-state index contributed by atoms with van der Waals surface area (Å²) in [7, 11) is 0. The van der Waals surface area contributed by atoms with Gasteiger partial charge in [0.15, 0.2) is 0 Å². The van der Waals surface area contributed by atoms with Gasteiger partial charge in [-0.25, -0.2) is 0 Å². The Balaban J connectivity index is 1.53. The molecule has 1 amide bonds. The number of rotatable bonds is 4. The number of nitrogens with one attached hydrogen (secondary N) is 2. The molecule has 27 heavy (non-hydrogen) atoms. The van der Waals surface area contributed by atoms with E-state index in [1.165, 1.54) is 12.1 Å². The number of carbonyl (C=O) groups is 1. The van der Waals surface area contributed by atoms with Crippen molar-refractivity contribution < 1.29 is 9.72 Å². The molecule has 7 nitrogen and oxygen atoms in total. The molecule has 0 radical (unpaired) electrons. The van der Waals surface area contributed by atoms with E-state index in [0.29, 0.717) is 16.8 Å². The summed E-state index contributed by atoms with van der Waals surface area (Å²) >= 11 is 0. The number of H-pyrrole nitrogens is 1. The number of aromatic amines is 1. The summed E-state index contributed by atoms with van der Waals surface area (Å²) in [4.78, 5) is 37.6. The van der Waals surface area contributed by atoms with E-state index in [2.05, 4.69) is 10.3 Å². The number of pyridine rings is 1. The van der Waals surface area contributed by atoms with E-state index >= 15 is 0 Å². The zero-order valence-electron chi connectivity index (χ0n) is 14.5. The predicted octanol–water partition coefficient (Wildman–Crippen LogP) is 3.11. The second-order valence-electron chi connectivity index (χ2n) is 6.67. The summed E-state index contributed by atoms with van der Waals surface area (Å²) < 4.78 is 0. The molecule has 0 saturated heterocycles. The zero-order chi connectivity index (χ0) is 19.0. The van der Waals surface area contributed by atoms with Crippen LogP contribution in [0.25, 0.3) is 10.9 Å². The normalized spacial score (nSPS) is 12.7. The first kappa shape index (κ1) is 17.0. The summed E-state index contributed by atoms with van der Waals surface area (Å²) in [5.41, 5.74) is 3.92. The van der Waals surface area contributed by atoms with Gasteiger partial charge in [-0.15, -0.1) is 0 Å². The lowest BCUT2D eigenvalue weighted by molar-refractivity contribution is -0.384. The fraction of sp³-hybridized carbons (Fsp3) is 0.200. The van der Waals surface area contributed by atoms with Crippen LogP contribution in [0.4, 0.5) is 11.4 Å². The molecule has 0 bridgehead atoms. The van der Waals surface area contributed by atoms with E-state index in [4.69, 9.17) is 0 Å². The number of nitro groups is 1. The van der Waals surface area contributed by atoms with E-state index in [0.717, 1.165) is 35.8 Å². The number of aromatic nitrogens is 1. The molecule has 1 aliphatic carbocycles. The Bertz CT molecular complexity index is 1120. The van der Waals surface area contributed by atoms with Crippen molar-refractivity contribution in [2.45, 2.75) is 25.7 Å². The van der Waals surface area contributed by atoms with Crippen molar-refractivity contribution in [2.75, 3.05) is 5.32 Å². The van der Waals surface area contributed by atoms with Crippen LogP contribution in [0.3, 0.4) is 0 Å². The van der Waals surface area contributed by atoms with Crippen LogP contribution in [-0.4, -0.2) is 15.8 Å². The van der Waals surface area contributed by atoms with E-state index in [1.54, 1.807) is 18.2 Å². The largest absolute Gasteiger partial charge is 0.326 e. The van der Waals surface area contributed by atoms with Crippen LogP contribution in [-0.2, 0) is 24.1 Å². The first-order valence-electron chi connectivity index (χ1n) is 8.72. The number of nitro benzene ring substituents is 1. The maximum atomic E-state index is 12.3. The number of carbonyl (C=O) groups excluding carboxylic acids is 1. The molecule has 0 saturated carbocycles. The molecule has 7 heteroatoms. The fourth-order valence-electron chi connectivity index (χ4n) is 3.60. The van der Waals surface area contributed by atoms with Gasteiger partial charge in [0, 0.05) is 28.8 Å². The third kappa shape index (κ3) is 3.31. The number of benzene rings is 2. The Kier molecular flexibility index (Phi) is 4.19. The molecule has 0 aliphatic heterocycles. The summed E-state index contributed by atoms with van der Waals surface area (Å²) in [5.74, 6) is -0.230. The molecular formula is C20H17N3O4. The van der Waals surface area contributed by atoms with E-state index in [-0.39, 0.29) is 23.6 Å². The molecule has 2 N–H and O–H groups in total. The average molecular weight is 363 g/mol. The second-order valence-corrected chi connectivity index (χ2v) is 6.67. The third-order valence-corrected chi connectivity index (χ3v) is 4.88. The number of hydrogen-bond donors (Lipinski definition) is 2. The van der Waals surface area contributed by atoms with Gasteiger partial charge in [0.1, 0.15) is 0 Å². The van der Waals surface area contributed by atoms with Gasteiger partial charge in [0.25, 0.3) is 11.2 Å². The Morgan fingerprint density at radius 2 is 1.85 bits per heavy atom. The Hall–Kier alpha value is -3.48. The van der Waals surface area contributed by atoms with Crippen LogP contribution >= 0.6 is 0 Å². The standard InChI is InChI=1S/C20H17N3O4/c24-19(10-12-4-7-14(8-5-12)23(26)27)21-13-6-9-16-15-2-1-3-17(15)20(25)22-18(16)11-13/h4-9,11H,1-3,10H2,(H,21,24)(H,22,25). The highest BCUT2D eigenvalue weighted by Crippen LogP contribution is 2.27. The summed E-state index contributed by atoms with van der Waals surface area (Å²) in [6.45, 7) is 0. The quantitative estimate of drug-likeness (QED) is 0.549. The lowest BCUT2D eigenvalue weighted by atomic mass is 10.1. The topological polar surface area (TPSA) is 105 Å². The molecule has 0 spiro atoms. The van der Waals surface area contributed by atoms with Crippen molar-refractivity contribution in [2.24, 2.45) is 0 Å². The van der Waals surface area contributed by atoms with E-state index < -0.39 is 4.92 Å². The van der Waals surface area contributed by atoms with Crippen molar-refractivity contribution in [3.8, 4) is 0 Å². The average Bonchev–Trinajstić information content (AvgIpc) is 3.12. The smallest absolute Gasteiger partial charge is 0.269 e. The summed E-state index contributed by atoms with van der Waals surface area (Å²) in [6.07, 6.45) is 2.82. The number of anilines is 1. The monoisotopic (exact) mass is 363 g/mol. The van der Waals surface area contributed by atoms with Crippen LogP contribution in [0, 0.1) is 10.1 Å². The minimum atomic E-state index is -0.476. The minimum Gasteiger partial charge on any atom is -0.326 e. The van der Waals surface area contributed by atoms with Crippen molar-refractivity contribution in [1.82, 2.24) is 4.98 Å². The number of amides is 1. The molecule has 136 valence electrons. The molecule has 3 aromatic rings. The molecule has 1 aromatic heterocycles. The van der Waals surface area contributed by atoms with E-state index in [9.17, 15) is 19.7 Å². The highest BCUT2D eigenvalue weighted by molar-refractivity contribution is 5.95. The highest BCUT2D eigenvalue weighted by atomic mass is 16.6. The van der Waals surface area contributed by atoms with Crippen LogP contribution in [0.5, 0.6) is 0 Å². The molecule has 4 rings (SSSR count). The van der Waals surface area contributed by atoms with Crippen LogP contribution in [0.1, 0.15) is 23.1 Å². The Morgan fingerprint density at radius 1 is 1.11 bits per heavy atom. The molecule has 2 aromatic carbocycles. The van der Waals surface area contributed by atoms with Gasteiger partial charge in [-0.05, 0) is 42.5 Å². The first-order chi connectivity index (χ1) is 13.0. The second kappa shape index (κ2) is 6.68. The predicted molar refractivity (Wildman–Crippen MR) is 102 cm³/mol. The van der Waals surface area contributed by atoms with Crippen LogP contribution < -0.4 is 10.9 Å². The van der Waals surface area contributed by atoms with Gasteiger partial charge in [0.05, 0.1) is 16.9 Å². The third-order valence-electron chi connectivity index (χ3n) is 4.88. The lowest BCUT2D eigenvalue weighted by Gasteiger charge is -2.09. The molecule has 0 atom stereocenters. The number of hydrogen-bond acceptors (Lipinski definition) is 4.